The molecule has 2 rings (SSSR count). The van der Waals surface area contributed by atoms with Crippen LogP contribution >= 0.6 is 0 Å². The van der Waals surface area contributed by atoms with Crippen LogP contribution in [0.1, 0.15) is 29.9 Å². The lowest BCUT2D eigenvalue weighted by atomic mass is 9.87. The van der Waals surface area contributed by atoms with Crippen LogP contribution < -0.4 is 10.1 Å². The maximum atomic E-state index is 9.68. The van der Waals surface area contributed by atoms with Crippen LogP contribution in [0.25, 0.3) is 0 Å². The van der Waals surface area contributed by atoms with Crippen LogP contribution in [0, 0.1) is 6.92 Å². The van der Waals surface area contributed by atoms with Gasteiger partial charge in [-0.2, -0.15) is 0 Å². The summed E-state index contributed by atoms with van der Waals surface area (Å²) in [6.45, 7) is 4.21. The Morgan fingerprint density at radius 2 is 2.00 bits per heavy atom. The van der Waals surface area contributed by atoms with Crippen molar-refractivity contribution in [1.82, 2.24) is 5.32 Å². The molecule has 0 radical (unpaired) electrons. The molecule has 0 amide bonds. The van der Waals surface area contributed by atoms with Crippen LogP contribution in [0.15, 0.2) is 12.1 Å². The molecular formula is C13H19NO2. The number of aromatic hydroxyl groups is 1. The number of benzene rings is 1. The van der Waals surface area contributed by atoms with E-state index in [2.05, 4.69) is 12.2 Å². The minimum atomic E-state index is 0.234. The summed E-state index contributed by atoms with van der Waals surface area (Å²) in [6, 6.07) is 3.79. The zero-order chi connectivity index (χ0) is 11.5. The van der Waals surface area contributed by atoms with Gasteiger partial charge in [-0.05, 0) is 62.0 Å². The first-order chi connectivity index (χ1) is 7.72. The maximum absolute atomic E-state index is 9.68. The molecule has 0 unspecified atom stereocenters. The largest absolute Gasteiger partial charge is 0.504 e. The van der Waals surface area contributed by atoms with Gasteiger partial charge in [-0.25, -0.2) is 0 Å². The molecule has 1 saturated heterocycles. The number of phenolic OH excluding ortho intramolecular Hbond substituents is 1. The Balaban J connectivity index is 2.31. The summed E-state index contributed by atoms with van der Waals surface area (Å²) in [4.78, 5) is 0. The number of nitrogens with one attached hydrogen (secondary N) is 1. The van der Waals surface area contributed by atoms with Gasteiger partial charge in [-0.15, -0.1) is 0 Å². The molecule has 88 valence electrons. The maximum Gasteiger partial charge on any atom is 0.160 e. The minimum absolute atomic E-state index is 0.234. The summed E-state index contributed by atoms with van der Waals surface area (Å²) in [7, 11) is 1.59. The van der Waals surface area contributed by atoms with Crippen LogP contribution in [0.5, 0.6) is 11.5 Å². The molecule has 3 nitrogen and oxygen atoms in total. The van der Waals surface area contributed by atoms with Crippen molar-refractivity contribution in [3.8, 4) is 11.5 Å². The van der Waals surface area contributed by atoms with Crippen molar-refractivity contribution >= 4 is 0 Å². The highest BCUT2D eigenvalue weighted by atomic mass is 16.5. The third kappa shape index (κ3) is 2.14. The van der Waals surface area contributed by atoms with Gasteiger partial charge >= 0.3 is 0 Å². The summed E-state index contributed by atoms with van der Waals surface area (Å²) in [6.07, 6.45) is 2.32. The molecule has 1 aromatic carbocycles. The van der Waals surface area contributed by atoms with E-state index in [4.69, 9.17) is 4.74 Å². The lowest BCUT2D eigenvalue weighted by Crippen LogP contribution is -2.26. The molecule has 3 heteroatoms. The summed E-state index contributed by atoms with van der Waals surface area (Å²) in [5.41, 5.74) is 2.47. The smallest absolute Gasteiger partial charge is 0.160 e. The Bertz CT molecular complexity index is 370. The number of hydrogen-bond acceptors (Lipinski definition) is 3. The van der Waals surface area contributed by atoms with E-state index in [0.29, 0.717) is 11.7 Å². The first kappa shape index (κ1) is 11.3. The lowest BCUT2D eigenvalue weighted by Gasteiger charge is -2.25. The topological polar surface area (TPSA) is 41.5 Å². The molecule has 0 spiro atoms. The Morgan fingerprint density at radius 3 is 2.62 bits per heavy atom. The van der Waals surface area contributed by atoms with Crippen LogP contribution in [-0.2, 0) is 0 Å². The van der Waals surface area contributed by atoms with Crippen molar-refractivity contribution in [2.24, 2.45) is 0 Å². The average molecular weight is 221 g/mol. The van der Waals surface area contributed by atoms with Gasteiger partial charge in [0, 0.05) is 0 Å². The van der Waals surface area contributed by atoms with Gasteiger partial charge in [-0.3, -0.25) is 0 Å². The van der Waals surface area contributed by atoms with Gasteiger partial charge in [0.25, 0.3) is 0 Å². The van der Waals surface area contributed by atoms with Crippen LogP contribution in [-0.4, -0.2) is 25.3 Å². The molecule has 1 fully saturated rings. The molecule has 16 heavy (non-hydrogen) atoms. The predicted molar refractivity (Wildman–Crippen MR) is 64.2 cm³/mol. The van der Waals surface area contributed by atoms with Gasteiger partial charge in [0.05, 0.1) is 7.11 Å². The van der Waals surface area contributed by atoms with Crippen molar-refractivity contribution in [1.29, 1.82) is 0 Å². The number of phenols is 1. The zero-order valence-electron chi connectivity index (χ0n) is 9.92. The third-order valence-corrected chi connectivity index (χ3v) is 3.35. The Morgan fingerprint density at radius 1 is 1.31 bits per heavy atom. The number of ether oxygens (including phenoxy) is 1. The lowest BCUT2D eigenvalue weighted by molar-refractivity contribution is 0.371. The van der Waals surface area contributed by atoms with Crippen LogP contribution in [0.4, 0.5) is 0 Å². The predicted octanol–water partition coefficient (Wildman–Crippen LogP) is 2.18. The van der Waals surface area contributed by atoms with E-state index in [-0.39, 0.29) is 5.75 Å². The summed E-state index contributed by atoms with van der Waals surface area (Å²) in [5.74, 6) is 1.41. The molecule has 0 saturated carbocycles. The van der Waals surface area contributed by atoms with E-state index in [0.717, 1.165) is 31.5 Å². The SMILES string of the molecule is COc1cc(C2CCNCC2)c(C)cc1O. The third-order valence-electron chi connectivity index (χ3n) is 3.35. The highest BCUT2D eigenvalue weighted by Crippen LogP contribution is 2.35. The monoisotopic (exact) mass is 221 g/mol. The Labute approximate surface area is 96.4 Å². The quantitative estimate of drug-likeness (QED) is 0.804. The van der Waals surface area contributed by atoms with E-state index in [1.807, 2.05) is 6.07 Å². The Kier molecular flexibility index (Phi) is 3.34. The van der Waals surface area contributed by atoms with E-state index >= 15 is 0 Å². The van der Waals surface area contributed by atoms with Crippen molar-refractivity contribution in [2.75, 3.05) is 20.2 Å². The number of methoxy groups -OCH3 is 1. The van der Waals surface area contributed by atoms with E-state index < -0.39 is 0 Å². The minimum Gasteiger partial charge on any atom is -0.504 e. The second-order valence-electron chi connectivity index (χ2n) is 4.40. The van der Waals surface area contributed by atoms with Gasteiger partial charge < -0.3 is 15.2 Å². The van der Waals surface area contributed by atoms with Gasteiger partial charge in [-0.1, -0.05) is 0 Å². The average Bonchev–Trinajstić information content (AvgIpc) is 2.30. The zero-order valence-corrected chi connectivity index (χ0v) is 9.92. The molecule has 1 aliphatic rings. The number of aryl methyl sites for hydroxylation is 1. The van der Waals surface area contributed by atoms with Gasteiger partial charge in [0.2, 0.25) is 0 Å². The molecule has 1 heterocycles. The number of piperidine rings is 1. The fourth-order valence-electron chi connectivity index (χ4n) is 2.42. The standard InChI is InChI=1S/C13H19NO2/c1-9-7-12(15)13(16-2)8-11(9)10-3-5-14-6-4-10/h7-8,10,14-15H,3-6H2,1-2H3. The van der Waals surface area contributed by atoms with Crippen molar-refractivity contribution in [3.05, 3.63) is 23.3 Å². The van der Waals surface area contributed by atoms with Crippen LogP contribution in [0.3, 0.4) is 0 Å². The summed E-state index contributed by atoms with van der Waals surface area (Å²) < 4.78 is 5.17. The number of rotatable bonds is 2. The van der Waals surface area contributed by atoms with E-state index in [9.17, 15) is 5.11 Å². The molecule has 2 N–H and O–H groups in total. The van der Waals surface area contributed by atoms with Crippen molar-refractivity contribution in [2.45, 2.75) is 25.7 Å². The van der Waals surface area contributed by atoms with Gasteiger partial charge in [0.15, 0.2) is 11.5 Å². The fraction of sp³-hybridized carbons (Fsp3) is 0.538. The summed E-state index contributed by atoms with van der Waals surface area (Å²) >= 11 is 0. The van der Waals surface area contributed by atoms with Crippen molar-refractivity contribution in [3.63, 3.8) is 0 Å². The van der Waals surface area contributed by atoms with Crippen LogP contribution in [0.2, 0.25) is 0 Å². The molecular weight excluding hydrogens is 202 g/mol. The highest BCUT2D eigenvalue weighted by molar-refractivity contribution is 5.47. The first-order valence-corrected chi connectivity index (χ1v) is 5.80. The molecule has 1 aromatic rings. The second-order valence-corrected chi connectivity index (χ2v) is 4.40. The van der Waals surface area contributed by atoms with E-state index in [1.54, 1.807) is 13.2 Å². The second kappa shape index (κ2) is 4.74. The number of hydrogen-bond donors (Lipinski definition) is 2. The van der Waals surface area contributed by atoms with E-state index in [1.165, 1.54) is 5.56 Å². The molecule has 0 bridgehead atoms. The van der Waals surface area contributed by atoms with Crippen molar-refractivity contribution < 1.29 is 9.84 Å². The highest BCUT2D eigenvalue weighted by Gasteiger charge is 2.18. The molecule has 0 aliphatic carbocycles. The first-order valence-electron chi connectivity index (χ1n) is 5.80. The molecule has 1 aliphatic heterocycles. The fourth-order valence-corrected chi connectivity index (χ4v) is 2.42. The normalized spacial score (nSPS) is 17.4. The molecule has 0 atom stereocenters. The summed E-state index contributed by atoms with van der Waals surface area (Å²) in [5, 5.41) is 13.0. The Hall–Kier alpha value is -1.22. The molecule has 0 aromatic heterocycles. The van der Waals surface area contributed by atoms with Gasteiger partial charge in [0.1, 0.15) is 0 Å².